The molecule has 294 valence electrons. The fourth-order valence-corrected chi connectivity index (χ4v) is 11.1. The lowest BCUT2D eigenvalue weighted by Crippen LogP contribution is -2.61. The van der Waals surface area contributed by atoms with Crippen LogP contribution in [0.1, 0.15) is 140 Å². The van der Waals surface area contributed by atoms with E-state index in [9.17, 15) is 0 Å². The van der Waals surface area contributed by atoms with Crippen molar-refractivity contribution in [3.8, 4) is 0 Å². The molecule has 4 heteroatoms. The van der Waals surface area contributed by atoms with Crippen molar-refractivity contribution in [3.63, 3.8) is 0 Å². The minimum absolute atomic E-state index is 0.0123. The second-order valence-electron chi connectivity index (χ2n) is 21.1. The van der Waals surface area contributed by atoms with Gasteiger partial charge in [0.2, 0.25) is 0 Å². The highest BCUT2D eigenvalue weighted by molar-refractivity contribution is 6.99. The van der Waals surface area contributed by atoms with Gasteiger partial charge in [-0.3, -0.25) is 0 Å². The molecule has 0 spiro atoms. The molecule has 3 heterocycles. The van der Waals surface area contributed by atoms with Crippen molar-refractivity contribution >= 4 is 69.6 Å². The molecule has 0 N–H and O–H groups in total. The Kier molecular flexibility index (Phi) is 7.93. The maximum atomic E-state index is 7.49. The maximum Gasteiger partial charge on any atom is 0.297 e. The van der Waals surface area contributed by atoms with Crippen molar-refractivity contribution in [2.45, 2.75) is 126 Å². The van der Waals surface area contributed by atoms with Crippen molar-refractivity contribution in [1.82, 2.24) is 0 Å². The Morgan fingerprint density at radius 1 is 0.638 bits per heavy atom. The fraction of sp³-hybridized carbons (Fsp3) is 0.389. The van der Waals surface area contributed by atoms with Gasteiger partial charge in [0.05, 0.1) is 11.3 Å². The number of rotatable bonds is 3. The number of allylic oxidation sites excluding steroid dienone is 2. The van der Waals surface area contributed by atoms with E-state index in [1.165, 1.54) is 96.0 Å². The lowest BCUT2D eigenvalue weighted by atomic mass is 9.35. The van der Waals surface area contributed by atoms with Gasteiger partial charge in [-0.05, 0) is 148 Å². The zero-order valence-corrected chi connectivity index (χ0v) is 36.9. The Balaban J connectivity index is 1.38. The van der Waals surface area contributed by atoms with E-state index in [0.29, 0.717) is 5.92 Å². The summed E-state index contributed by atoms with van der Waals surface area (Å²) in [6, 6.07) is 28.1. The second-order valence-corrected chi connectivity index (χ2v) is 21.1. The van der Waals surface area contributed by atoms with Gasteiger partial charge in [-0.2, -0.15) is 0 Å². The molecule has 0 radical (unpaired) electrons. The standard InChI is InChI=1S/C54H59BN2O/c1-32(2)35-27-45-48-46(28-35)57(43-20-16-14-18-34(43)4)49-36-29-38-37(51(5,6)23-24-52(38,7)8)21-22-47(36)58-50(49)55(48)41-30-39-40(54(11,12)26-25-53(39,9)10)31-44(41)56(45)42-19-15-13-17-33(42)3/h13-20,22,27-32H,23-26H2,1-12H3. The summed E-state index contributed by atoms with van der Waals surface area (Å²) in [5, 5.41) is 0. The molecule has 2 aliphatic heterocycles. The fourth-order valence-electron chi connectivity index (χ4n) is 11.1. The van der Waals surface area contributed by atoms with Gasteiger partial charge in [0.1, 0.15) is 5.76 Å². The maximum absolute atomic E-state index is 7.49. The number of aryl methyl sites for hydroxylation is 2. The monoisotopic (exact) mass is 762 g/mol. The quantitative estimate of drug-likeness (QED) is 0.132. The normalized spacial score (nSPS) is 19.9. The predicted molar refractivity (Wildman–Crippen MR) is 248 cm³/mol. The highest BCUT2D eigenvalue weighted by Gasteiger charge is 2.50. The van der Waals surface area contributed by atoms with E-state index in [1.54, 1.807) is 0 Å². The minimum atomic E-state index is -0.0964. The number of nitrogens with zero attached hydrogens (tertiary/aromatic N) is 2. The molecule has 5 aromatic rings. The van der Waals surface area contributed by atoms with Crippen LogP contribution in [0, 0.1) is 24.7 Å². The molecule has 1 saturated carbocycles. The first-order valence-electron chi connectivity index (χ1n) is 21.8. The molecule has 4 aromatic carbocycles. The summed E-state index contributed by atoms with van der Waals surface area (Å²) in [5.74, 6) is 1.23. The third kappa shape index (κ3) is 5.26. The van der Waals surface area contributed by atoms with Gasteiger partial charge in [0, 0.05) is 45.6 Å². The van der Waals surface area contributed by atoms with Crippen LogP contribution in [0.25, 0.3) is 12.2 Å². The first-order chi connectivity index (χ1) is 27.4. The largest absolute Gasteiger partial charge is 0.467 e. The smallest absolute Gasteiger partial charge is 0.297 e. The van der Waals surface area contributed by atoms with Crippen LogP contribution in [0.5, 0.6) is 0 Å². The average molecular weight is 763 g/mol. The molecular formula is C54H59BN2O. The van der Waals surface area contributed by atoms with Gasteiger partial charge in [0.15, 0.2) is 0 Å². The summed E-state index contributed by atoms with van der Waals surface area (Å²) >= 11 is 0. The summed E-state index contributed by atoms with van der Waals surface area (Å²) in [5.41, 5.74) is 25.8. The second kappa shape index (κ2) is 12.3. The van der Waals surface area contributed by atoms with Crippen LogP contribution in [0.2, 0.25) is 0 Å². The van der Waals surface area contributed by atoms with E-state index in [-0.39, 0.29) is 28.4 Å². The molecular weight excluding hydrogens is 703 g/mol. The average Bonchev–Trinajstić information content (AvgIpc) is 3.39. The van der Waals surface area contributed by atoms with E-state index in [1.807, 2.05) is 0 Å². The van der Waals surface area contributed by atoms with Crippen molar-refractivity contribution in [1.29, 1.82) is 0 Å². The predicted octanol–water partition coefficient (Wildman–Crippen LogP) is 13.2. The molecule has 1 aromatic heterocycles. The molecule has 0 bridgehead atoms. The van der Waals surface area contributed by atoms with Crippen molar-refractivity contribution in [2.24, 2.45) is 10.8 Å². The van der Waals surface area contributed by atoms with Gasteiger partial charge in [0.25, 0.3) is 6.71 Å². The molecule has 5 aliphatic rings. The number of furan rings is 1. The number of benzene rings is 4. The number of fused-ring (bicyclic) bond motifs is 8. The summed E-state index contributed by atoms with van der Waals surface area (Å²) in [4.78, 5) is 5.19. The Bertz CT molecular complexity index is 2690. The van der Waals surface area contributed by atoms with Crippen LogP contribution < -0.4 is 26.4 Å². The van der Waals surface area contributed by atoms with Crippen LogP contribution in [0.4, 0.5) is 34.1 Å². The molecule has 0 saturated heterocycles. The third-order valence-electron chi connectivity index (χ3n) is 15.0. The van der Waals surface area contributed by atoms with E-state index < -0.39 is 0 Å². The highest BCUT2D eigenvalue weighted by atomic mass is 16.3. The first-order valence-corrected chi connectivity index (χ1v) is 21.8. The summed E-state index contributed by atoms with van der Waals surface area (Å²) in [7, 11) is 0. The molecule has 10 rings (SSSR count). The van der Waals surface area contributed by atoms with Crippen LogP contribution in [0.3, 0.4) is 0 Å². The van der Waals surface area contributed by atoms with Gasteiger partial charge in [-0.1, -0.05) is 112 Å². The molecule has 58 heavy (non-hydrogen) atoms. The lowest BCUT2D eigenvalue weighted by molar-refractivity contribution is 0.262. The van der Waals surface area contributed by atoms with E-state index >= 15 is 0 Å². The van der Waals surface area contributed by atoms with Crippen molar-refractivity contribution in [2.75, 3.05) is 9.80 Å². The molecule has 0 unspecified atom stereocenters. The van der Waals surface area contributed by atoms with Crippen molar-refractivity contribution in [3.05, 3.63) is 129 Å². The van der Waals surface area contributed by atoms with E-state index in [2.05, 4.69) is 184 Å². The van der Waals surface area contributed by atoms with Gasteiger partial charge in [-0.15, -0.1) is 5.73 Å². The summed E-state index contributed by atoms with van der Waals surface area (Å²) < 4.78 is 7.49. The number of hydrogen-bond acceptors (Lipinski definition) is 3. The topological polar surface area (TPSA) is 19.6 Å². The summed E-state index contributed by atoms with van der Waals surface area (Å²) in [6.45, 7) is 28.6. The van der Waals surface area contributed by atoms with Crippen LogP contribution >= 0.6 is 0 Å². The van der Waals surface area contributed by atoms with Crippen LogP contribution in [-0.4, -0.2) is 6.71 Å². The Morgan fingerprint density at radius 2 is 1.19 bits per heavy atom. The van der Waals surface area contributed by atoms with Gasteiger partial charge in [-0.25, -0.2) is 0 Å². The Labute approximate surface area is 347 Å². The SMILES string of the molecule is Cc1ccccc1N1c2cc3c(cc2B2c4oc5c(c4N(c4ccccc4C)c4cc(C(C)C)cc1c42)C=C1C(=C=C5)C(C)(C)CCC1(C)C)C(C)(C)CCC3(C)C. The Morgan fingerprint density at radius 3 is 1.81 bits per heavy atom. The highest BCUT2D eigenvalue weighted by Crippen LogP contribution is 2.56. The molecule has 0 amide bonds. The van der Waals surface area contributed by atoms with Gasteiger partial charge >= 0.3 is 0 Å². The summed E-state index contributed by atoms with van der Waals surface area (Å²) in [6.07, 6.45) is 9.30. The van der Waals surface area contributed by atoms with Crippen LogP contribution in [-0.2, 0) is 10.8 Å². The minimum Gasteiger partial charge on any atom is -0.467 e. The molecule has 1 fully saturated rings. The zero-order chi connectivity index (χ0) is 40.8. The van der Waals surface area contributed by atoms with E-state index in [0.717, 1.165) is 30.7 Å². The first kappa shape index (κ1) is 37.4. The molecule has 0 atom stereocenters. The molecule has 3 nitrogen and oxygen atoms in total. The number of para-hydroxylation sites is 2. The van der Waals surface area contributed by atoms with Gasteiger partial charge < -0.3 is 14.2 Å². The van der Waals surface area contributed by atoms with Crippen molar-refractivity contribution < 1.29 is 4.42 Å². The Hall–Kier alpha value is -4.92. The lowest BCUT2D eigenvalue weighted by Gasteiger charge is -2.47. The number of anilines is 6. The number of hydrogen-bond donors (Lipinski definition) is 0. The van der Waals surface area contributed by atoms with Crippen LogP contribution in [0.15, 0.2) is 94.1 Å². The third-order valence-corrected chi connectivity index (χ3v) is 15.0. The molecule has 3 aliphatic carbocycles. The zero-order valence-electron chi connectivity index (χ0n) is 36.9. The van der Waals surface area contributed by atoms with E-state index in [4.69, 9.17) is 4.42 Å².